The van der Waals surface area contributed by atoms with Crippen LogP contribution in [-0.4, -0.2) is 36.7 Å². The summed E-state index contributed by atoms with van der Waals surface area (Å²) in [4.78, 5) is 12.1. The molecule has 1 amide bonds. The van der Waals surface area contributed by atoms with Crippen LogP contribution in [0.1, 0.15) is 12.5 Å². The Morgan fingerprint density at radius 2 is 1.83 bits per heavy atom. The lowest BCUT2D eigenvalue weighted by atomic mass is 10.1. The van der Waals surface area contributed by atoms with Crippen molar-refractivity contribution in [3.63, 3.8) is 0 Å². The number of carbonyl (C=O) groups excluding carboxylic acids is 1. The van der Waals surface area contributed by atoms with Crippen LogP contribution >= 0.6 is 0 Å². The molecule has 0 aliphatic carbocycles. The zero-order chi connectivity index (χ0) is 20.9. The number of amides is 1. The van der Waals surface area contributed by atoms with Crippen LogP contribution in [0.4, 0.5) is 4.39 Å². The van der Waals surface area contributed by atoms with Gasteiger partial charge in [-0.15, -0.1) is 0 Å². The lowest BCUT2D eigenvalue weighted by molar-refractivity contribution is -0.122. The average Bonchev–Trinajstić information content (AvgIpc) is 3.23. The van der Waals surface area contributed by atoms with Crippen molar-refractivity contribution in [2.75, 3.05) is 6.54 Å². The molecule has 3 aromatic rings. The summed E-state index contributed by atoms with van der Waals surface area (Å²) >= 11 is 0. The maximum Gasteiger partial charge on any atom is 0.241 e. The molecule has 152 valence electrons. The first-order chi connectivity index (χ1) is 13.8. The Labute approximate surface area is 168 Å². The first-order valence-electron chi connectivity index (χ1n) is 9.00. The predicted octanol–water partition coefficient (Wildman–Crippen LogP) is 2.04. The molecule has 0 aliphatic rings. The lowest BCUT2D eigenvalue weighted by Crippen LogP contribution is -2.45. The fourth-order valence-electron chi connectivity index (χ4n) is 2.69. The molecule has 2 N–H and O–H groups in total. The quantitative estimate of drug-likeness (QED) is 0.588. The Hall–Kier alpha value is -3.04. The van der Waals surface area contributed by atoms with Crippen LogP contribution in [0.2, 0.25) is 0 Å². The molecule has 0 saturated heterocycles. The Bertz CT molecular complexity index is 1050. The van der Waals surface area contributed by atoms with Gasteiger partial charge in [0.05, 0.1) is 16.6 Å². The van der Waals surface area contributed by atoms with Gasteiger partial charge in [-0.05, 0) is 61.4 Å². The third kappa shape index (κ3) is 5.49. The third-order valence-corrected chi connectivity index (χ3v) is 5.82. The molecule has 0 saturated carbocycles. The van der Waals surface area contributed by atoms with Gasteiger partial charge in [-0.3, -0.25) is 4.79 Å². The fraction of sp³-hybridized carbons (Fsp3) is 0.200. The molecule has 29 heavy (non-hydrogen) atoms. The van der Waals surface area contributed by atoms with E-state index in [2.05, 4.69) is 15.1 Å². The number of nitrogens with one attached hydrogen (secondary N) is 2. The summed E-state index contributed by atoms with van der Waals surface area (Å²) in [5.74, 6) is -0.976. The van der Waals surface area contributed by atoms with Gasteiger partial charge >= 0.3 is 0 Å². The first-order valence-corrected chi connectivity index (χ1v) is 10.5. The largest absolute Gasteiger partial charge is 0.354 e. The van der Waals surface area contributed by atoms with Crippen LogP contribution < -0.4 is 10.0 Å². The summed E-state index contributed by atoms with van der Waals surface area (Å²) in [7, 11) is -3.91. The minimum Gasteiger partial charge on any atom is -0.354 e. The van der Waals surface area contributed by atoms with Crippen LogP contribution in [0.5, 0.6) is 0 Å². The molecule has 0 aliphatic heterocycles. The Kier molecular flexibility index (Phi) is 6.40. The van der Waals surface area contributed by atoms with Crippen molar-refractivity contribution in [1.29, 1.82) is 0 Å². The fourth-order valence-corrected chi connectivity index (χ4v) is 3.89. The zero-order valence-electron chi connectivity index (χ0n) is 15.7. The Morgan fingerprint density at radius 1 is 1.14 bits per heavy atom. The monoisotopic (exact) mass is 416 g/mol. The van der Waals surface area contributed by atoms with Crippen molar-refractivity contribution in [2.45, 2.75) is 24.3 Å². The molecular formula is C20H21FN4O3S. The number of nitrogens with zero attached hydrogens (tertiary/aromatic N) is 2. The number of hydrogen-bond donors (Lipinski definition) is 2. The van der Waals surface area contributed by atoms with Crippen LogP contribution in [0.25, 0.3) is 5.69 Å². The van der Waals surface area contributed by atoms with Crippen molar-refractivity contribution in [3.05, 3.63) is 78.4 Å². The smallest absolute Gasteiger partial charge is 0.241 e. The van der Waals surface area contributed by atoms with Gasteiger partial charge in [-0.2, -0.15) is 9.82 Å². The number of rotatable bonds is 8. The summed E-state index contributed by atoms with van der Waals surface area (Å²) in [6, 6.07) is 13.0. The minimum absolute atomic E-state index is 0.101. The van der Waals surface area contributed by atoms with Crippen molar-refractivity contribution in [3.8, 4) is 5.69 Å². The maximum absolute atomic E-state index is 13.0. The number of halogens is 1. The highest BCUT2D eigenvalue weighted by Gasteiger charge is 2.21. The van der Waals surface area contributed by atoms with E-state index in [1.54, 1.807) is 10.9 Å². The van der Waals surface area contributed by atoms with Gasteiger partial charge in [0.15, 0.2) is 0 Å². The zero-order valence-corrected chi connectivity index (χ0v) is 16.6. The highest BCUT2D eigenvalue weighted by Crippen LogP contribution is 2.11. The summed E-state index contributed by atoms with van der Waals surface area (Å²) in [5.41, 5.74) is 1.97. The molecule has 9 heteroatoms. The first kappa shape index (κ1) is 20.7. The molecule has 1 heterocycles. The van der Waals surface area contributed by atoms with Gasteiger partial charge < -0.3 is 5.32 Å². The summed E-state index contributed by atoms with van der Waals surface area (Å²) in [6.45, 7) is 1.82. The van der Waals surface area contributed by atoms with Gasteiger partial charge in [0.2, 0.25) is 15.9 Å². The molecule has 7 nitrogen and oxygen atoms in total. The van der Waals surface area contributed by atoms with E-state index in [0.717, 1.165) is 35.5 Å². The molecule has 1 atom stereocenters. The van der Waals surface area contributed by atoms with E-state index in [4.69, 9.17) is 0 Å². The third-order valence-electron chi connectivity index (χ3n) is 4.27. The van der Waals surface area contributed by atoms with Crippen LogP contribution in [0, 0.1) is 5.82 Å². The van der Waals surface area contributed by atoms with Gasteiger partial charge in [-0.1, -0.05) is 12.1 Å². The maximum atomic E-state index is 13.0. The second-order valence-corrected chi connectivity index (χ2v) is 8.17. The van der Waals surface area contributed by atoms with E-state index in [-0.39, 0.29) is 4.90 Å². The molecule has 2 aromatic carbocycles. The normalized spacial score (nSPS) is 12.5. The Balaban J connectivity index is 1.49. The number of hydrogen-bond acceptors (Lipinski definition) is 4. The van der Waals surface area contributed by atoms with E-state index in [9.17, 15) is 17.6 Å². The second-order valence-electron chi connectivity index (χ2n) is 6.46. The summed E-state index contributed by atoms with van der Waals surface area (Å²) in [5, 5.41) is 6.87. The van der Waals surface area contributed by atoms with E-state index in [1.807, 2.05) is 36.5 Å². The van der Waals surface area contributed by atoms with Gasteiger partial charge in [0.1, 0.15) is 5.82 Å². The SMILES string of the molecule is C[C@@H](NS(=O)(=O)c1ccc(F)cc1)C(=O)NCCc1ccc(-n2cccn2)cc1. The van der Waals surface area contributed by atoms with Crippen molar-refractivity contribution >= 4 is 15.9 Å². The molecule has 0 radical (unpaired) electrons. The van der Waals surface area contributed by atoms with Crippen molar-refractivity contribution in [2.24, 2.45) is 0 Å². The number of carbonyl (C=O) groups is 1. The highest BCUT2D eigenvalue weighted by atomic mass is 32.2. The molecule has 1 aromatic heterocycles. The van der Waals surface area contributed by atoms with Crippen LogP contribution in [-0.2, 0) is 21.2 Å². The van der Waals surface area contributed by atoms with Gasteiger partial charge in [0.25, 0.3) is 0 Å². The molecule has 0 bridgehead atoms. The molecule has 0 spiro atoms. The topological polar surface area (TPSA) is 93.1 Å². The average molecular weight is 416 g/mol. The Morgan fingerprint density at radius 3 is 2.45 bits per heavy atom. The molecular weight excluding hydrogens is 395 g/mol. The number of aromatic nitrogens is 2. The van der Waals surface area contributed by atoms with Crippen molar-refractivity contribution in [1.82, 2.24) is 19.8 Å². The van der Waals surface area contributed by atoms with Gasteiger partial charge in [-0.25, -0.2) is 17.5 Å². The standard InChI is InChI=1S/C20H21FN4O3S/c1-15(24-29(27,28)19-9-5-17(21)6-10-19)20(26)22-13-11-16-3-7-18(8-4-16)25-14-2-12-23-25/h2-10,12,14-15,24H,11,13H2,1H3,(H,22,26)/t15-/m1/s1. The molecule has 0 fully saturated rings. The lowest BCUT2D eigenvalue weighted by Gasteiger charge is -2.14. The molecule has 0 unspecified atom stereocenters. The van der Waals surface area contributed by atoms with E-state index >= 15 is 0 Å². The van der Waals surface area contributed by atoms with E-state index in [1.165, 1.54) is 6.92 Å². The van der Waals surface area contributed by atoms with Gasteiger partial charge in [0, 0.05) is 18.9 Å². The minimum atomic E-state index is -3.91. The van der Waals surface area contributed by atoms with Crippen molar-refractivity contribution < 1.29 is 17.6 Å². The number of benzene rings is 2. The van der Waals surface area contributed by atoms with E-state index in [0.29, 0.717) is 13.0 Å². The highest BCUT2D eigenvalue weighted by molar-refractivity contribution is 7.89. The number of sulfonamides is 1. The van der Waals surface area contributed by atoms with Crippen LogP contribution in [0.3, 0.4) is 0 Å². The molecule has 3 rings (SSSR count). The second kappa shape index (κ2) is 8.97. The van der Waals surface area contributed by atoms with E-state index < -0.39 is 27.8 Å². The summed E-state index contributed by atoms with van der Waals surface area (Å²) in [6.07, 6.45) is 4.15. The summed E-state index contributed by atoms with van der Waals surface area (Å²) < 4.78 is 41.5. The van der Waals surface area contributed by atoms with Crippen LogP contribution in [0.15, 0.2) is 71.9 Å². The predicted molar refractivity (Wildman–Crippen MR) is 106 cm³/mol.